The van der Waals surface area contributed by atoms with Gasteiger partial charge in [0.05, 0.1) is 0 Å². The average molecular weight is 298 g/mol. The molecule has 0 spiro atoms. The highest BCUT2D eigenvalue weighted by Gasteiger charge is 2.05. The van der Waals surface area contributed by atoms with Crippen LogP contribution in [0.4, 0.5) is 0 Å². The van der Waals surface area contributed by atoms with Crippen molar-refractivity contribution in [2.75, 3.05) is 0 Å². The molecule has 0 atom stereocenters. The fourth-order valence-electron chi connectivity index (χ4n) is 2.18. The number of nitrogens with one attached hydrogen (secondary N) is 1. The molecule has 21 heavy (non-hydrogen) atoms. The number of hydrogen-bond acceptors (Lipinski definition) is 2. The Balaban J connectivity index is 2.12. The zero-order valence-corrected chi connectivity index (χ0v) is 11.8. The molecular formula is C17H12ClNO2. The Bertz CT molecular complexity index is 838. The molecule has 4 heteroatoms. The lowest BCUT2D eigenvalue weighted by atomic mass is 10.0. The van der Waals surface area contributed by atoms with Crippen LogP contribution >= 0.6 is 11.6 Å². The molecule has 2 aromatic carbocycles. The predicted octanol–water partition coefficient (Wildman–Crippen LogP) is 4.07. The molecule has 3 rings (SSSR count). The molecule has 3 nitrogen and oxygen atoms in total. The van der Waals surface area contributed by atoms with Crippen molar-refractivity contribution in [2.24, 2.45) is 0 Å². The van der Waals surface area contributed by atoms with Crippen molar-refractivity contribution >= 4 is 11.6 Å². The van der Waals surface area contributed by atoms with E-state index in [1.807, 2.05) is 24.3 Å². The SMILES string of the molecule is O=c1cc(-c2cccc(O)c2)cc(-c2ccc(Cl)cc2)[nH]1. The topological polar surface area (TPSA) is 53.1 Å². The van der Waals surface area contributed by atoms with Crippen LogP contribution in [0, 0.1) is 0 Å². The molecule has 0 aliphatic carbocycles. The normalized spacial score (nSPS) is 10.5. The Morgan fingerprint density at radius 3 is 2.33 bits per heavy atom. The molecule has 0 unspecified atom stereocenters. The minimum atomic E-state index is -0.194. The fraction of sp³-hybridized carbons (Fsp3) is 0. The molecule has 1 heterocycles. The summed E-state index contributed by atoms with van der Waals surface area (Å²) in [6, 6.07) is 17.4. The van der Waals surface area contributed by atoms with Crippen LogP contribution in [0.1, 0.15) is 0 Å². The number of phenols is 1. The van der Waals surface area contributed by atoms with Crippen LogP contribution in [-0.2, 0) is 0 Å². The van der Waals surface area contributed by atoms with Gasteiger partial charge >= 0.3 is 0 Å². The standard InChI is InChI=1S/C17H12ClNO2/c18-14-6-4-11(5-7-14)16-9-13(10-17(21)19-16)12-2-1-3-15(20)8-12/h1-10,20H,(H,19,21). The monoisotopic (exact) mass is 297 g/mol. The number of benzene rings is 2. The second-order valence-corrected chi connectivity index (χ2v) is 5.14. The summed E-state index contributed by atoms with van der Waals surface area (Å²) < 4.78 is 0. The van der Waals surface area contributed by atoms with E-state index in [1.165, 1.54) is 6.07 Å². The molecule has 0 saturated heterocycles. The second-order valence-electron chi connectivity index (χ2n) is 4.70. The van der Waals surface area contributed by atoms with Crippen LogP contribution in [0.5, 0.6) is 5.75 Å². The largest absolute Gasteiger partial charge is 0.508 e. The van der Waals surface area contributed by atoms with Gasteiger partial charge in [-0.25, -0.2) is 0 Å². The lowest BCUT2D eigenvalue weighted by Crippen LogP contribution is -2.05. The van der Waals surface area contributed by atoms with E-state index >= 15 is 0 Å². The van der Waals surface area contributed by atoms with Crippen molar-refractivity contribution in [1.29, 1.82) is 0 Å². The molecule has 0 amide bonds. The third-order valence-electron chi connectivity index (χ3n) is 3.18. The second kappa shape index (κ2) is 5.46. The smallest absolute Gasteiger partial charge is 0.249 e. The number of H-pyrrole nitrogens is 1. The maximum absolute atomic E-state index is 11.9. The van der Waals surface area contributed by atoms with Crippen molar-refractivity contribution in [2.45, 2.75) is 0 Å². The summed E-state index contributed by atoms with van der Waals surface area (Å²) >= 11 is 5.88. The molecule has 3 aromatic rings. The number of hydrogen-bond donors (Lipinski definition) is 2. The molecule has 0 saturated carbocycles. The van der Waals surface area contributed by atoms with Gasteiger partial charge in [0.1, 0.15) is 5.75 Å². The Kier molecular flexibility index (Phi) is 3.50. The molecule has 2 N–H and O–H groups in total. The van der Waals surface area contributed by atoms with Gasteiger partial charge in [-0.1, -0.05) is 35.9 Å². The molecule has 0 aliphatic heterocycles. The summed E-state index contributed by atoms with van der Waals surface area (Å²) in [6.07, 6.45) is 0. The number of rotatable bonds is 2. The summed E-state index contributed by atoms with van der Waals surface area (Å²) in [5, 5.41) is 10.2. The molecule has 1 aromatic heterocycles. The highest BCUT2D eigenvalue weighted by atomic mass is 35.5. The summed E-state index contributed by atoms with van der Waals surface area (Å²) in [4.78, 5) is 14.7. The number of pyridine rings is 1. The number of aromatic hydroxyl groups is 1. The first-order valence-electron chi connectivity index (χ1n) is 6.41. The first-order valence-corrected chi connectivity index (χ1v) is 6.79. The molecule has 0 radical (unpaired) electrons. The van der Waals surface area contributed by atoms with E-state index in [0.29, 0.717) is 10.7 Å². The van der Waals surface area contributed by atoms with E-state index in [-0.39, 0.29) is 11.3 Å². The molecular weight excluding hydrogens is 286 g/mol. The first-order chi connectivity index (χ1) is 10.1. The van der Waals surface area contributed by atoms with Crippen LogP contribution in [0.25, 0.3) is 22.4 Å². The van der Waals surface area contributed by atoms with Gasteiger partial charge in [0.15, 0.2) is 0 Å². The van der Waals surface area contributed by atoms with Crippen molar-refractivity contribution < 1.29 is 5.11 Å². The maximum atomic E-state index is 11.9. The van der Waals surface area contributed by atoms with E-state index in [0.717, 1.165) is 16.7 Å². The van der Waals surface area contributed by atoms with Crippen LogP contribution in [0.2, 0.25) is 5.02 Å². The van der Waals surface area contributed by atoms with Crippen molar-refractivity contribution in [3.05, 3.63) is 76.0 Å². The average Bonchev–Trinajstić information content (AvgIpc) is 2.47. The summed E-state index contributed by atoms with van der Waals surface area (Å²) in [5.41, 5.74) is 2.92. The molecule has 0 bridgehead atoms. The Morgan fingerprint density at radius 2 is 1.62 bits per heavy atom. The quantitative estimate of drug-likeness (QED) is 0.749. The highest BCUT2D eigenvalue weighted by molar-refractivity contribution is 6.30. The van der Waals surface area contributed by atoms with Gasteiger partial charge in [-0.3, -0.25) is 4.79 Å². The summed E-state index contributed by atoms with van der Waals surface area (Å²) in [6.45, 7) is 0. The van der Waals surface area contributed by atoms with Gasteiger partial charge < -0.3 is 10.1 Å². The van der Waals surface area contributed by atoms with E-state index in [1.54, 1.807) is 30.3 Å². The number of aromatic amines is 1. The Hall–Kier alpha value is -2.52. The van der Waals surface area contributed by atoms with E-state index in [9.17, 15) is 9.90 Å². The van der Waals surface area contributed by atoms with Gasteiger partial charge in [-0.2, -0.15) is 0 Å². The van der Waals surface area contributed by atoms with Crippen molar-refractivity contribution in [1.82, 2.24) is 4.98 Å². The lowest BCUT2D eigenvalue weighted by molar-refractivity contribution is 0.475. The van der Waals surface area contributed by atoms with Crippen molar-refractivity contribution in [3.63, 3.8) is 0 Å². The molecule has 104 valence electrons. The minimum absolute atomic E-state index is 0.167. The third kappa shape index (κ3) is 2.98. The van der Waals surface area contributed by atoms with E-state index < -0.39 is 0 Å². The number of aromatic nitrogens is 1. The van der Waals surface area contributed by atoms with Gasteiger partial charge in [0.25, 0.3) is 0 Å². The van der Waals surface area contributed by atoms with E-state index in [2.05, 4.69) is 4.98 Å². The fourth-order valence-corrected chi connectivity index (χ4v) is 2.31. The number of halogens is 1. The van der Waals surface area contributed by atoms with Crippen LogP contribution in [0.15, 0.2) is 65.5 Å². The van der Waals surface area contributed by atoms with Gasteiger partial charge in [-0.05, 0) is 47.0 Å². The highest BCUT2D eigenvalue weighted by Crippen LogP contribution is 2.26. The van der Waals surface area contributed by atoms with Crippen LogP contribution in [0.3, 0.4) is 0 Å². The third-order valence-corrected chi connectivity index (χ3v) is 3.43. The van der Waals surface area contributed by atoms with Gasteiger partial charge in [-0.15, -0.1) is 0 Å². The van der Waals surface area contributed by atoms with Crippen LogP contribution in [-0.4, -0.2) is 10.1 Å². The lowest BCUT2D eigenvalue weighted by Gasteiger charge is -2.06. The van der Waals surface area contributed by atoms with E-state index in [4.69, 9.17) is 11.6 Å². The Morgan fingerprint density at radius 1 is 0.857 bits per heavy atom. The number of phenolic OH excluding ortho intramolecular Hbond substituents is 1. The molecule has 0 fully saturated rings. The Labute approximate surface area is 126 Å². The first kappa shape index (κ1) is 13.5. The van der Waals surface area contributed by atoms with Crippen molar-refractivity contribution in [3.8, 4) is 28.1 Å². The zero-order chi connectivity index (χ0) is 14.8. The van der Waals surface area contributed by atoms with Gasteiger partial charge in [0, 0.05) is 16.8 Å². The predicted molar refractivity (Wildman–Crippen MR) is 84.6 cm³/mol. The summed E-state index contributed by atoms with van der Waals surface area (Å²) in [5.74, 6) is 0.167. The van der Waals surface area contributed by atoms with Gasteiger partial charge in [0.2, 0.25) is 5.56 Å². The summed E-state index contributed by atoms with van der Waals surface area (Å²) in [7, 11) is 0. The zero-order valence-electron chi connectivity index (χ0n) is 11.0. The molecule has 0 aliphatic rings. The minimum Gasteiger partial charge on any atom is -0.508 e. The maximum Gasteiger partial charge on any atom is 0.249 e. The van der Waals surface area contributed by atoms with Crippen LogP contribution < -0.4 is 5.56 Å².